The molecule has 3 rings (SSSR count). The quantitative estimate of drug-likeness (QED) is 0.295. The Labute approximate surface area is 206 Å². The van der Waals surface area contributed by atoms with E-state index in [1.54, 1.807) is 48.5 Å². The number of ether oxygens (including phenoxy) is 2. The molecular formula is C21H16ClIN2O6S. The van der Waals surface area contributed by atoms with Crippen LogP contribution in [0.4, 0.5) is 10.5 Å². The Morgan fingerprint density at radius 1 is 1.22 bits per heavy atom. The average Bonchev–Trinajstić information content (AvgIpc) is 3.01. The lowest BCUT2D eigenvalue weighted by molar-refractivity contribution is -0.143. The summed E-state index contributed by atoms with van der Waals surface area (Å²) >= 11 is 8.80. The van der Waals surface area contributed by atoms with Crippen LogP contribution in [-0.2, 0) is 19.1 Å². The maximum atomic E-state index is 12.7. The third-order valence-corrected chi connectivity index (χ3v) is 6.23. The summed E-state index contributed by atoms with van der Waals surface area (Å²) in [6.07, 6.45) is 1.56. The van der Waals surface area contributed by atoms with Gasteiger partial charge in [-0.05, 0) is 70.3 Å². The largest absolute Gasteiger partial charge is 0.481 e. The highest BCUT2D eigenvalue weighted by atomic mass is 127. The third-order valence-electron chi connectivity index (χ3n) is 4.15. The number of nitrogens with one attached hydrogen (secondary N) is 1. The van der Waals surface area contributed by atoms with E-state index in [-0.39, 0.29) is 11.5 Å². The Bertz CT molecular complexity index is 1120. The molecule has 0 unspecified atom stereocenters. The molecule has 0 radical (unpaired) electrons. The van der Waals surface area contributed by atoms with Crippen molar-refractivity contribution >= 4 is 80.7 Å². The minimum absolute atomic E-state index is 0.194. The van der Waals surface area contributed by atoms with Crippen LogP contribution in [0.25, 0.3) is 6.08 Å². The van der Waals surface area contributed by atoms with E-state index < -0.39 is 29.6 Å². The van der Waals surface area contributed by atoms with Crippen LogP contribution in [0.3, 0.4) is 0 Å². The molecule has 0 bridgehead atoms. The van der Waals surface area contributed by atoms with Gasteiger partial charge < -0.3 is 14.8 Å². The van der Waals surface area contributed by atoms with Crippen LogP contribution in [-0.4, -0.2) is 48.2 Å². The molecule has 2 aromatic rings. The van der Waals surface area contributed by atoms with Gasteiger partial charge in [0, 0.05) is 0 Å². The number of para-hydroxylation sites is 1. The summed E-state index contributed by atoms with van der Waals surface area (Å²) in [5, 5.41) is 2.40. The van der Waals surface area contributed by atoms with Gasteiger partial charge in [0.2, 0.25) is 5.91 Å². The van der Waals surface area contributed by atoms with Crippen molar-refractivity contribution in [1.82, 2.24) is 4.90 Å². The fraction of sp³-hybridized carbons (Fsp3) is 0.143. The van der Waals surface area contributed by atoms with Crippen molar-refractivity contribution in [1.29, 1.82) is 0 Å². The smallest absolute Gasteiger partial charge is 0.343 e. The number of methoxy groups -OCH3 is 1. The van der Waals surface area contributed by atoms with Crippen molar-refractivity contribution < 1.29 is 28.7 Å². The first kappa shape index (κ1) is 24.1. The van der Waals surface area contributed by atoms with Gasteiger partial charge in [-0.3, -0.25) is 19.3 Å². The van der Waals surface area contributed by atoms with Gasteiger partial charge in [-0.25, -0.2) is 4.79 Å². The van der Waals surface area contributed by atoms with Crippen LogP contribution >= 0.6 is 46.0 Å². The maximum absolute atomic E-state index is 12.7. The van der Waals surface area contributed by atoms with E-state index in [4.69, 9.17) is 16.3 Å². The number of halogens is 2. The number of hydrogen-bond donors (Lipinski definition) is 1. The van der Waals surface area contributed by atoms with Gasteiger partial charge in [0.1, 0.15) is 12.3 Å². The SMILES string of the molecule is COC(=O)COc1ccc(/C=C2/SC(=O)N(CC(=O)Nc3ccccc3Cl)C2=O)cc1I. The van der Waals surface area contributed by atoms with Gasteiger partial charge in [-0.15, -0.1) is 0 Å². The molecule has 1 heterocycles. The summed E-state index contributed by atoms with van der Waals surface area (Å²) in [6.45, 7) is -0.647. The zero-order valence-electron chi connectivity index (χ0n) is 16.6. The molecule has 1 saturated heterocycles. The van der Waals surface area contributed by atoms with Gasteiger partial charge in [-0.2, -0.15) is 0 Å². The molecule has 0 atom stereocenters. The highest BCUT2D eigenvalue weighted by Gasteiger charge is 2.36. The van der Waals surface area contributed by atoms with Crippen LogP contribution in [0.2, 0.25) is 5.02 Å². The molecule has 0 aromatic heterocycles. The molecule has 11 heteroatoms. The minimum Gasteiger partial charge on any atom is -0.481 e. The van der Waals surface area contributed by atoms with Crippen molar-refractivity contribution in [3.63, 3.8) is 0 Å². The highest BCUT2D eigenvalue weighted by Crippen LogP contribution is 2.33. The summed E-state index contributed by atoms with van der Waals surface area (Å²) in [7, 11) is 1.27. The molecule has 1 aliphatic heterocycles. The molecule has 0 spiro atoms. The second kappa shape index (κ2) is 10.8. The number of rotatable bonds is 7. The van der Waals surface area contributed by atoms with Crippen LogP contribution in [0.5, 0.6) is 5.75 Å². The zero-order chi connectivity index (χ0) is 23.3. The van der Waals surface area contributed by atoms with Gasteiger partial charge >= 0.3 is 5.97 Å². The number of carbonyl (C=O) groups excluding carboxylic acids is 4. The normalized spacial score (nSPS) is 14.6. The van der Waals surface area contributed by atoms with Gasteiger partial charge in [0.15, 0.2) is 6.61 Å². The Morgan fingerprint density at radius 3 is 2.66 bits per heavy atom. The lowest BCUT2D eigenvalue weighted by Gasteiger charge is -2.13. The Morgan fingerprint density at radius 2 is 1.97 bits per heavy atom. The topological polar surface area (TPSA) is 102 Å². The molecule has 32 heavy (non-hydrogen) atoms. The number of imide groups is 1. The second-order valence-electron chi connectivity index (χ2n) is 6.35. The van der Waals surface area contributed by atoms with Crippen molar-refractivity contribution in [2.24, 2.45) is 0 Å². The van der Waals surface area contributed by atoms with Crippen molar-refractivity contribution in [2.75, 3.05) is 25.6 Å². The van der Waals surface area contributed by atoms with Crippen LogP contribution < -0.4 is 10.1 Å². The molecule has 8 nitrogen and oxygen atoms in total. The molecule has 1 fully saturated rings. The van der Waals surface area contributed by atoms with E-state index in [1.807, 2.05) is 22.6 Å². The summed E-state index contributed by atoms with van der Waals surface area (Å²) in [4.78, 5) is 49.5. The lowest BCUT2D eigenvalue weighted by Crippen LogP contribution is -2.36. The van der Waals surface area contributed by atoms with Crippen molar-refractivity contribution in [3.05, 3.63) is 61.5 Å². The number of nitrogens with zero attached hydrogens (tertiary/aromatic N) is 1. The first-order chi connectivity index (χ1) is 15.3. The predicted octanol–water partition coefficient (Wildman–Crippen LogP) is 4.17. The molecule has 0 aliphatic carbocycles. The first-order valence-corrected chi connectivity index (χ1v) is 11.3. The molecule has 1 N–H and O–H groups in total. The number of anilines is 1. The monoisotopic (exact) mass is 586 g/mol. The number of amides is 3. The van der Waals surface area contributed by atoms with Crippen LogP contribution in [0, 0.1) is 3.57 Å². The molecule has 3 amide bonds. The molecule has 1 aliphatic rings. The van der Waals surface area contributed by atoms with E-state index in [0.717, 1.165) is 16.7 Å². The number of esters is 1. The number of carbonyl (C=O) groups is 4. The first-order valence-electron chi connectivity index (χ1n) is 9.07. The minimum atomic E-state index is -0.560. The van der Waals surface area contributed by atoms with Gasteiger partial charge in [0.05, 0.1) is 26.3 Å². The third kappa shape index (κ3) is 6.02. The Balaban J connectivity index is 1.67. The average molecular weight is 587 g/mol. The zero-order valence-corrected chi connectivity index (χ0v) is 20.3. The fourth-order valence-electron chi connectivity index (χ4n) is 2.60. The van der Waals surface area contributed by atoms with E-state index >= 15 is 0 Å². The Kier molecular flexibility index (Phi) is 8.15. The lowest BCUT2D eigenvalue weighted by atomic mass is 10.2. The predicted molar refractivity (Wildman–Crippen MR) is 129 cm³/mol. The summed E-state index contributed by atoms with van der Waals surface area (Å²) in [5.74, 6) is -1.12. The van der Waals surface area contributed by atoms with Crippen LogP contribution in [0.15, 0.2) is 47.4 Å². The molecule has 0 saturated carbocycles. The van der Waals surface area contributed by atoms with E-state index in [2.05, 4.69) is 10.1 Å². The number of benzene rings is 2. The number of hydrogen-bond acceptors (Lipinski definition) is 7. The summed E-state index contributed by atoms with van der Waals surface area (Å²) in [5.41, 5.74) is 1.05. The standard InChI is InChI=1S/C21H16ClIN2O6S/c1-30-19(27)11-31-16-7-6-12(8-14(16)23)9-17-20(28)25(21(29)32-17)10-18(26)24-15-5-3-2-4-13(15)22/h2-9H,10-11H2,1H3,(H,24,26)/b17-9+. The molecule has 2 aromatic carbocycles. The van der Waals surface area contributed by atoms with E-state index in [1.165, 1.54) is 7.11 Å². The second-order valence-corrected chi connectivity index (χ2v) is 8.91. The van der Waals surface area contributed by atoms with E-state index in [9.17, 15) is 19.2 Å². The summed E-state index contributed by atoms with van der Waals surface area (Å²) < 4.78 is 10.6. The van der Waals surface area contributed by atoms with Gasteiger partial charge in [-0.1, -0.05) is 29.8 Å². The number of thioether (sulfide) groups is 1. The molecule has 166 valence electrons. The van der Waals surface area contributed by atoms with Crippen molar-refractivity contribution in [2.45, 2.75) is 0 Å². The fourth-order valence-corrected chi connectivity index (χ4v) is 4.32. The molecular weight excluding hydrogens is 571 g/mol. The highest BCUT2D eigenvalue weighted by molar-refractivity contribution is 14.1. The van der Waals surface area contributed by atoms with Crippen molar-refractivity contribution in [3.8, 4) is 5.75 Å². The van der Waals surface area contributed by atoms with E-state index in [0.29, 0.717) is 25.6 Å². The summed E-state index contributed by atoms with van der Waals surface area (Å²) in [6, 6.07) is 11.7. The van der Waals surface area contributed by atoms with Gasteiger partial charge in [0.25, 0.3) is 11.1 Å². The maximum Gasteiger partial charge on any atom is 0.343 e. The Hall–Kier alpha value is -2.57. The van der Waals surface area contributed by atoms with Crippen LogP contribution in [0.1, 0.15) is 5.56 Å².